The second kappa shape index (κ2) is 16.0. The zero-order valence-electron chi connectivity index (χ0n) is 33.0. The van der Waals surface area contributed by atoms with E-state index in [2.05, 4.69) is 108 Å². The van der Waals surface area contributed by atoms with Crippen LogP contribution in [0.5, 0.6) is 0 Å². The van der Waals surface area contributed by atoms with E-state index >= 15 is 0 Å². The average Bonchev–Trinajstić information content (AvgIpc) is 3.56. The molecule has 53 heavy (non-hydrogen) atoms. The summed E-state index contributed by atoms with van der Waals surface area (Å²) in [6.07, 6.45) is 2.32. The van der Waals surface area contributed by atoms with Crippen molar-refractivity contribution in [3.63, 3.8) is 0 Å². The third kappa shape index (κ3) is 8.83. The Hall–Kier alpha value is -4.93. The Kier molecular flexibility index (Phi) is 10.6. The van der Waals surface area contributed by atoms with E-state index in [1.165, 1.54) is 5.56 Å². The predicted octanol–water partition coefficient (Wildman–Crippen LogP) is 12.5. The summed E-state index contributed by atoms with van der Waals surface area (Å²) in [5, 5.41) is 3.27. The number of fused-ring (bicyclic) bond motifs is 3. The number of benzene rings is 5. The molecule has 0 bridgehead atoms. The number of furan rings is 1. The Labute approximate surface area is 331 Å². The molecule has 8 rings (SSSR count). The number of hydrogen-bond acceptors (Lipinski definition) is 3. The van der Waals surface area contributed by atoms with Crippen LogP contribution in [0.4, 0.5) is 0 Å². The fraction of sp³-hybridized carbons (Fsp3) is 0.167. The molecule has 0 saturated carbocycles. The van der Waals surface area contributed by atoms with Crippen LogP contribution in [-0.4, -0.2) is 18.0 Å². The van der Waals surface area contributed by atoms with Gasteiger partial charge < -0.3 is 14.4 Å². The number of nitrogens with zero attached hydrogens (tertiary/aromatic N) is 2. The normalized spacial score (nSPS) is 12.3. The van der Waals surface area contributed by atoms with Gasteiger partial charge in [-0.15, -0.1) is 54.1 Å². The molecule has 3 aromatic heterocycles. The minimum absolute atomic E-state index is 0. The zero-order valence-corrected chi connectivity index (χ0v) is 34.4. The van der Waals surface area contributed by atoms with Crippen LogP contribution in [0.3, 0.4) is 0 Å². The third-order valence-corrected chi connectivity index (χ3v) is 10.9. The van der Waals surface area contributed by atoms with Gasteiger partial charge in [-0.05, 0) is 62.7 Å². The number of rotatable bonds is 6. The van der Waals surface area contributed by atoms with E-state index in [1.807, 2.05) is 99.9 Å². The molecule has 0 saturated heterocycles. The fourth-order valence-corrected chi connectivity index (χ4v) is 7.77. The molecule has 0 amide bonds. The van der Waals surface area contributed by atoms with E-state index in [9.17, 15) is 0 Å². The van der Waals surface area contributed by atoms with Gasteiger partial charge in [0.15, 0.2) is 0 Å². The molecule has 0 atom stereocenters. The number of hydrogen-bond donors (Lipinski definition) is 0. The van der Waals surface area contributed by atoms with Crippen molar-refractivity contribution in [3.8, 4) is 44.8 Å². The van der Waals surface area contributed by atoms with Crippen LogP contribution < -0.4 is 5.19 Å². The van der Waals surface area contributed by atoms with E-state index in [1.54, 1.807) is 0 Å². The molecular weight excluding hydrogens is 841 g/mol. The molecule has 3 heterocycles. The molecule has 1 radical (unpaired) electrons. The molecule has 0 aliphatic rings. The van der Waals surface area contributed by atoms with Gasteiger partial charge >= 0.3 is 0 Å². The van der Waals surface area contributed by atoms with Crippen molar-refractivity contribution in [1.29, 1.82) is 0 Å². The monoisotopic (exact) mass is 887 g/mol. The Morgan fingerprint density at radius 1 is 0.660 bits per heavy atom. The van der Waals surface area contributed by atoms with Crippen LogP contribution in [0, 0.1) is 17.5 Å². The van der Waals surface area contributed by atoms with Gasteiger partial charge in [0.05, 0.1) is 13.7 Å². The van der Waals surface area contributed by atoms with Crippen molar-refractivity contribution < 1.29 is 27.3 Å². The molecule has 8 aromatic rings. The van der Waals surface area contributed by atoms with Crippen LogP contribution in [0.25, 0.3) is 66.7 Å². The van der Waals surface area contributed by atoms with Crippen molar-refractivity contribution in [2.75, 3.05) is 0 Å². The standard InChI is InChI=1S/C29H18NO.C19H26NSi.Ir/c1-3-8-20(9-4-1)22-14-15-24-25-12-7-13-26(29(25)31-28(24)19-22)27-18-23(16-17-30-27)21-10-5-2-6-11-21;1-19(2,3)13-16-12-17(15-10-8-7-9-11-15)20-14-18(16)21(4,5)6;/h1-12,14-19H;7-10,12,14H,13H2,1-6H3;/q2*-1;/i;13D2;. The summed E-state index contributed by atoms with van der Waals surface area (Å²) in [7, 11) is -1.70. The van der Waals surface area contributed by atoms with Gasteiger partial charge in [0.25, 0.3) is 0 Å². The predicted molar refractivity (Wildman–Crippen MR) is 221 cm³/mol. The Morgan fingerprint density at radius 2 is 1.34 bits per heavy atom. The summed E-state index contributed by atoms with van der Waals surface area (Å²) in [4.78, 5) is 9.24. The first kappa shape index (κ1) is 35.1. The number of aromatic nitrogens is 2. The van der Waals surface area contributed by atoms with Gasteiger partial charge in [-0.2, -0.15) is 0 Å². The molecule has 0 fully saturated rings. The maximum Gasteiger partial charge on any atom is 0.121 e. The largest absolute Gasteiger partial charge is 0.501 e. The van der Waals surface area contributed by atoms with Gasteiger partial charge in [0.1, 0.15) is 5.58 Å². The zero-order chi connectivity index (χ0) is 38.1. The van der Waals surface area contributed by atoms with Crippen LogP contribution in [0.1, 0.15) is 29.1 Å². The smallest absolute Gasteiger partial charge is 0.121 e. The van der Waals surface area contributed by atoms with Gasteiger partial charge in [0, 0.05) is 40.6 Å². The van der Waals surface area contributed by atoms with Crippen molar-refractivity contribution in [3.05, 3.63) is 164 Å². The van der Waals surface area contributed by atoms with Crippen LogP contribution in [0.2, 0.25) is 19.6 Å². The Bertz CT molecular complexity index is 2540. The summed E-state index contributed by atoms with van der Waals surface area (Å²) < 4.78 is 23.9. The van der Waals surface area contributed by atoms with Crippen molar-refractivity contribution >= 4 is 35.2 Å². The Morgan fingerprint density at radius 3 is 1.98 bits per heavy atom. The van der Waals surface area contributed by atoms with E-state index in [4.69, 9.17) is 7.16 Å². The molecule has 0 aliphatic heterocycles. The third-order valence-electron chi connectivity index (χ3n) is 8.87. The molecule has 267 valence electrons. The topological polar surface area (TPSA) is 38.9 Å². The minimum atomic E-state index is -1.70. The summed E-state index contributed by atoms with van der Waals surface area (Å²) in [5.74, 6) is 0. The van der Waals surface area contributed by atoms with Crippen LogP contribution in [0.15, 0.2) is 150 Å². The van der Waals surface area contributed by atoms with Crippen LogP contribution in [-0.2, 0) is 26.5 Å². The van der Waals surface area contributed by atoms with Crippen LogP contribution >= 0.6 is 0 Å². The maximum atomic E-state index is 8.75. The average molecular weight is 887 g/mol. The Balaban J connectivity index is 0.000000193. The van der Waals surface area contributed by atoms with Crippen molar-refractivity contribution in [2.45, 2.75) is 46.8 Å². The minimum Gasteiger partial charge on any atom is -0.501 e. The summed E-state index contributed by atoms with van der Waals surface area (Å²) >= 11 is 0. The summed E-state index contributed by atoms with van der Waals surface area (Å²) in [5.41, 5.74) is 10.0. The quantitative estimate of drug-likeness (QED) is 0.123. The molecule has 5 aromatic carbocycles. The van der Waals surface area contributed by atoms with E-state index in [-0.39, 0.29) is 20.1 Å². The fourth-order valence-electron chi connectivity index (χ4n) is 6.38. The van der Waals surface area contributed by atoms with E-state index in [0.29, 0.717) is 0 Å². The maximum absolute atomic E-state index is 8.75. The second-order valence-corrected chi connectivity index (χ2v) is 20.1. The first-order chi connectivity index (χ1) is 25.8. The molecule has 0 N–H and O–H groups in total. The second-order valence-electron chi connectivity index (χ2n) is 15.1. The van der Waals surface area contributed by atoms with E-state index < -0.39 is 19.9 Å². The molecule has 0 aliphatic carbocycles. The van der Waals surface area contributed by atoms with Gasteiger partial charge in [0.2, 0.25) is 0 Å². The van der Waals surface area contributed by atoms with Crippen molar-refractivity contribution in [1.82, 2.24) is 9.97 Å². The van der Waals surface area contributed by atoms with Gasteiger partial charge in [-0.25, -0.2) is 0 Å². The first-order valence-electron chi connectivity index (χ1n) is 18.7. The molecule has 0 unspecified atom stereocenters. The first-order valence-corrected chi connectivity index (χ1v) is 21.2. The number of pyridine rings is 2. The van der Waals surface area contributed by atoms with Gasteiger partial charge in [-0.1, -0.05) is 142 Å². The summed E-state index contributed by atoms with van der Waals surface area (Å²) in [6.45, 7) is 12.6. The molecule has 3 nitrogen and oxygen atoms in total. The molecule has 5 heteroatoms. The summed E-state index contributed by atoms with van der Waals surface area (Å²) in [6, 6.07) is 51.4. The van der Waals surface area contributed by atoms with Crippen molar-refractivity contribution in [2.24, 2.45) is 5.41 Å². The SMILES string of the molecule is [2H]C([2H])(c1cc(-c2[c-]cccc2)ncc1[Si](C)(C)C)C(C)(C)C.[Ir].[c-]1ccc2c(oc3cc(-c4ccccc4)ccc32)c1-c1cc(-c2ccccc2)ccn1. The molecule has 0 spiro atoms. The van der Waals surface area contributed by atoms with Gasteiger partial charge in [-0.3, -0.25) is 0 Å². The molecular formula is C48H44IrN2OSi-2. The van der Waals surface area contributed by atoms with E-state index in [0.717, 1.165) is 71.9 Å².